The number of Topliss-reactive ketones (excluding diaryl/α,β-unsaturated/α-hetero) is 1. The average molecular weight is 458 g/mol. The molecule has 33 heavy (non-hydrogen) atoms. The van der Waals surface area contributed by atoms with Crippen molar-refractivity contribution in [2.24, 2.45) is 5.92 Å². The predicted molar refractivity (Wildman–Crippen MR) is 136 cm³/mol. The van der Waals surface area contributed by atoms with E-state index in [1.54, 1.807) is 12.1 Å². The average Bonchev–Trinajstić information content (AvgIpc) is 2.87. The van der Waals surface area contributed by atoms with Crippen molar-refractivity contribution in [3.05, 3.63) is 109 Å². The van der Waals surface area contributed by atoms with E-state index in [0.717, 1.165) is 10.8 Å². The zero-order valence-electron chi connectivity index (χ0n) is 18.8. The maximum absolute atomic E-state index is 14.4. The number of benzene rings is 4. The molecule has 4 aromatic carbocycles. The van der Waals surface area contributed by atoms with Crippen LogP contribution in [-0.2, 0) is 4.57 Å². The number of fused-ring (bicyclic) bond motifs is 1. The van der Waals surface area contributed by atoms with Crippen molar-refractivity contribution >= 4 is 34.5 Å². The fourth-order valence-electron chi connectivity index (χ4n) is 4.04. The molecule has 168 valence electrons. The molecule has 0 aromatic heterocycles. The van der Waals surface area contributed by atoms with Crippen molar-refractivity contribution in [1.29, 1.82) is 0 Å². The first-order valence-corrected chi connectivity index (χ1v) is 12.8. The minimum absolute atomic E-state index is 0.148. The Bertz CT molecular complexity index is 1240. The molecule has 0 aliphatic rings. The van der Waals surface area contributed by atoms with Gasteiger partial charge in [-0.1, -0.05) is 86.6 Å². The number of carbonyl (C=O) groups excluding carboxylic acids is 1. The Labute approximate surface area is 194 Å². The third-order valence-electron chi connectivity index (χ3n) is 5.93. The van der Waals surface area contributed by atoms with Gasteiger partial charge in [0.15, 0.2) is 5.78 Å². The van der Waals surface area contributed by atoms with Crippen LogP contribution in [-0.4, -0.2) is 23.0 Å². The first-order valence-electron chi connectivity index (χ1n) is 11.1. The van der Waals surface area contributed by atoms with Crippen LogP contribution in [0.1, 0.15) is 24.2 Å². The molecule has 2 atom stereocenters. The van der Waals surface area contributed by atoms with Crippen molar-refractivity contribution in [1.82, 2.24) is 5.09 Å². The topological polar surface area (TPSA) is 66.4 Å². The summed E-state index contributed by atoms with van der Waals surface area (Å²) < 4.78 is 14.4. The Kier molecular flexibility index (Phi) is 6.90. The Morgan fingerprint density at radius 1 is 0.758 bits per heavy atom. The molecular weight excluding hydrogens is 429 g/mol. The lowest BCUT2D eigenvalue weighted by Gasteiger charge is -2.32. The van der Waals surface area contributed by atoms with Crippen LogP contribution >= 0.6 is 7.29 Å². The van der Waals surface area contributed by atoms with Crippen LogP contribution in [0.5, 0.6) is 0 Å². The number of ketones is 1. The van der Waals surface area contributed by atoms with Gasteiger partial charge in [-0.05, 0) is 47.0 Å². The molecule has 0 bridgehead atoms. The van der Waals surface area contributed by atoms with E-state index in [4.69, 9.17) is 0 Å². The normalized spacial score (nSPS) is 13.7. The first kappa shape index (κ1) is 23.1. The summed E-state index contributed by atoms with van der Waals surface area (Å²) >= 11 is 0. The Morgan fingerprint density at radius 2 is 1.27 bits per heavy atom. The highest BCUT2D eigenvalue weighted by Crippen LogP contribution is 2.40. The molecule has 5 heteroatoms. The third-order valence-corrected chi connectivity index (χ3v) is 8.64. The molecule has 4 nitrogen and oxygen atoms in total. The van der Waals surface area contributed by atoms with Crippen LogP contribution in [0.2, 0.25) is 0 Å². The van der Waals surface area contributed by atoms with E-state index in [1.165, 1.54) is 0 Å². The van der Waals surface area contributed by atoms with Gasteiger partial charge in [-0.3, -0.25) is 14.4 Å². The molecule has 0 saturated carbocycles. The molecule has 0 saturated heterocycles. The second kappa shape index (κ2) is 9.84. The summed E-state index contributed by atoms with van der Waals surface area (Å²) in [6.07, 6.45) is -1.35. The van der Waals surface area contributed by atoms with Gasteiger partial charge in [0.2, 0.25) is 7.29 Å². The number of rotatable bonds is 8. The number of aliphatic hydroxyl groups is 1. The lowest BCUT2D eigenvalue weighted by atomic mass is 9.93. The first-order chi connectivity index (χ1) is 15.9. The molecule has 2 N–H and O–H groups in total. The predicted octanol–water partition coefficient (Wildman–Crippen LogP) is 4.93. The second-order valence-corrected chi connectivity index (χ2v) is 11.1. The summed E-state index contributed by atoms with van der Waals surface area (Å²) in [5, 5.41) is 17.7. The molecule has 4 rings (SSSR count). The summed E-state index contributed by atoms with van der Waals surface area (Å²) in [6.45, 7) is 3.82. The van der Waals surface area contributed by atoms with Crippen molar-refractivity contribution in [3.8, 4) is 0 Å². The summed E-state index contributed by atoms with van der Waals surface area (Å²) in [5.41, 5.74) is 0.433. The maximum atomic E-state index is 14.4. The van der Waals surface area contributed by atoms with E-state index in [0.29, 0.717) is 16.2 Å². The molecular formula is C28H28NO3P. The van der Waals surface area contributed by atoms with Gasteiger partial charge in [-0.2, -0.15) is 0 Å². The van der Waals surface area contributed by atoms with Crippen molar-refractivity contribution in [2.75, 3.05) is 0 Å². The number of carbonyl (C=O) groups is 1. The monoisotopic (exact) mass is 457 g/mol. The number of hydrogen-bond acceptors (Lipinski definition) is 3. The smallest absolute Gasteiger partial charge is 0.204 e. The standard InChI is InChI=1S/C28H28NO3P/c1-20(2)26(28(31)27(30)23-18-17-21-11-9-10-12-22(21)19-23)29-33(32,24-13-5-3-6-14-24)25-15-7-4-8-16-25/h3-20,26,28,31H,1-2H3,(H,29,32)/t26-,28-/m0/s1. The third kappa shape index (κ3) is 4.84. The van der Waals surface area contributed by atoms with Gasteiger partial charge in [0, 0.05) is 22.2 Å². The van der Waals surface area contributed by atoms with Crippen LogP contribution in [0, 0.1) is 5.92 Å². The summed E-state index contributed by atoms with van der Waals surface area (Å²) in [4.78, 5) is 13.3. The highest BCUT2D eigenvalue weighted by molar-refractivity contribution is 7.76. The SMILES string of the molecule is CC(C)[C@H](NP(=O)(c1ccccc1)c1ccccc1)[C@H](O)C(=O)c1ccc2ccccc2c1. The molecule has 0 spiro atoms. The van der Waals surface area contributed by atoms with E-state index in [1.807, 2.05) is 105 Å². The fraction of sp³-hybridized carbons (Fsp3) is 0.179. The van der Waals surface area contributed by atoms with Crippen molar-refractivity contribution < 1.29 is 14.5 Å². The lowest BCUT2D eigenvalue weighted by Crippen LogP contribution is -2.48. The maximum Gasteiger partial charge on any atom is 0.204 e. The molecule has 4 aromatic rings. The molecule has 0 heterocycles. The molecule has 0 aliphatic carbocycles. The molecule has 0 aliphatic heterocycles. The molecule has 0 fully saturated rings. The summed E-state index contributed by atoms with van der Waals surface area (Å²) in [6, 6.07) is 30.9. The van der Waals surface area contributed by atoms with Crippen LogP contribution < -0.4 is 15.7 Å². The van der Waals surface area contributed by atoms with Crippen molar-refractivity contribution in [3.63, 3.8) is 0 Å². The van der Waals surface area contributed by atoms with Gasteiger partial charge in [0.25, 0.3) is 0 Å². The number of aliphatic hydroxyl groups excluding tert-OH is 1. The van der Waals surface area contributed by atoms with Gasteiger partial charge in [-0.15, -0.1) is 0 Å². The van der Waals surface area contributed by atoms with Crippen LogP contribution in [0.3, 0.4) is 0 Å². The summed E-state index contributed by atoms with van der Waals surface area (Å²) in [7, 11) is -3.32. The quantitative estimate of drug-likeness (QED) is 0.291. The highest BCUT2D eigenvalue weighted by atomic mass is 31.2. The van der Waals surface area contributed by atoms with Crippen LogP contribution in [0.15, 0.2) is 103 Å². The Hall–Kier alpha value is -3.04. The van der Waals surface area contributed by atoms with Gasteiger partial charge in [-0.25, -0.2) is 0 Å². The Balaban J connectivity index is 1.70. The molecule has 0 radical (unpaired) electrons. The van der Waals surface area contributed by atoms with E-state index >= 15 is 0 Å². The second-order valence-electron chi connectivity index (χ2n) is 8.55. The number of hydrogen-bond donors (Lipinski definition) is 2. The zero-order valence-corrected chi connectivity index (χ0v) is 19.7. The molecule has 0 unspecified atom stereocenters. The number of nitrogens with one attached hydrogen (secondary N) is 1. The fourth-order valence-corrected chi connectivity index (χ4v) is 6.68. The van der Waals surface area contributed by atoms with E-state index < -0.39 is 19.4 Å². The zero-order chi connectivity index (χ0) is 23.4. The molecule has 0 amide bonds. The summed E-state index contributed by atoms with van der Waals surface area (Å²) in [5.74, 6) is -0.537. The lowest BCUT2D eigenvalue weighted by molar-refractivity contribution is 0.0633. The van der Waals surface area contributed by atoms with Crippen molar-refractivity contribution in [2.45, 2.75) is 26.0 Å². The van der Waals surface area contributed by atoms with Gasteiger partial charge in [0.05, 0.1) is 0 Å². The van der Waals surface area contributed by atoms with E-state index in [9.17, 15) is 14.5 Å². The van der Waals surface area contributed by atoms with Gasteiger partial charge in [0.1, 0.15) is 6.10 Å². The van der Waals surface area contributed by atoms with Crippen LogP contribution in [0.4, 0.5) is 0 Å². The van der Waals surface area contributed by atoms with E-state index in [-0.39, 0.29) is 11.7 Å². The largest absolute Gasteiger partial charge is 0.383 e. The van der Waals surface area contributed by atoms with E-state index in [2.05, 4.69) is 5.09 Å². The highest BCUT2D eigenvalue weighted by Gasteiger charge is 2.37. The minimum atomic E-state index is -3.32. The Morgan fingerprint density at radius 3 is 1.82 bits per heavy atom. The minimum Gasteiger partial charge on any atom is -0.383 e. The van der Waals surface area contributed by atoms with Crippen LogP contribution in [0.25, 0.3) is 10.8 Å². The van der Waals surface area contributed by atoms with Gasteiger partial charge >= 0.3 is 0 Å². The van der Waals surface area contributed by atoms with Gasteiger partial charge < -0.3 is 5.11 Å².